The van der Waals surface area contributed by atoms with Crippen LogP contribution >= 0.6 is 0 Å². The molecular formula is C12H11O. The van der Waals surface area contributed by atoms with E-state index in [-0.39, 0.29) is 5.75 Å². The maximum atomic E-state index is 11.4. The molecule has 0 amide bonds. The van der Waals surface area contributed by atoms with Crippen LogP contribution in [0, 0.1) is 0 Å². The van der Waals surface area contributed by atoms with Crippen LogP contribution in [0.25, 0.3) is 10.8 Å². The molecule has 1 radical (unpaired) electrons. The summed E-state index contributed by atoms with van der Waals surface area (Å²) < 4.78 is 0. The second-order valence-electron chi connectivity index (χ2n) is 3.12. The van der Waals surface area contributed by atoms with E-state index in [1.54, 1.807) is 6.07 Å². The van der Waals surface area contributed by atoms with Crippen LogP contribution in [0.4, 0.5) is 0 Å². The van der Waals surface area contributed by atoms with Crippen LogP contribution in [-0.4, -0.2) is 0 Å². The minimum absolute atomic E-state index is 0.118. The molecule has 0 aliphatic rings. The zero-order chi connectivity index (χ0) is 9.26. The molecule has 0 atom stereocenters. The molecule has 0 aromatic heterocycles. The molecule has 13 heavy (non-hydrogen) atoms. The Balaban J connectivity index is 2.84. The van der Waals surface area contributed by atoms with Crippen LogP contribution in [0.15, 0.2) is 36.4 Å². The molecule has 2 rings (SSSR count). The van der Waals surface area contributed by atoms with Gasteiger partial charge in [0.05, 0.1) is 0 Å². The first-order valence-corrected chi connectivity index (χ1v) is 4.50. The summed E-state index contributed by atoms with van der Waals surface area (Å²) in [6, 6.07) is 11.3. The van der Waals surface area contributed by atoms with Gasteiger partial charge in [0.1, 0.15) is 0 Å². The van der Waals surface area contributed by atoms with Crippen LogP contribution in [0.3, 0.4) is 0 Å². The highest BCUT2D eigenvalue weighted by atomic mass is 16.3. The molecule has 0 saturated heterocycles. The zero-order valence-corrected chi connectivity index (χ0v) is 7.58. The Kier molecular flexibility index (Phi) is 1.93. The molecule has 0 fully saturated rings. The summed E-state index contributed by atoms with van der Waals surface area (Å²) in [7, 11) is 0. The molecular weight excluding hydrogens is 160 g/mol. The molecule has 0 N–H and O–H groups in total. The van der Waals surface area contributed by atoms with Gasteiger partial charge in [-0.15, -0.1) is 0 Å². The van der Waals surface area contributed by atoms with Crippen LogP contribution in [0.1, 0.15) is 12.5 Å². The van der Waals surface area contributed by atoms with Gasteiger partial charge in [0.15, 0.2) is 5.75 Å². The molecule has 0 bridgehead atoms. The van der Waals surface area contributed by atoms with E-state index in [9.17, 15) is 5.11 Å². The quantitative estimate of drug-likeness (QED) is 0.625. The van der Waals surface area contributed by atoms with Gasteiger partial charge in [-0.05, 0) is 23.4 Å². The molecule has 0 heterocycles. The first-order chi connectivity index (χ1) is 6.33. The molecule has 0 saturated carbocycles. The van der Waals surface area contributed by atoms with E-state index in [1.165, 1.54) is 5.56 Å². The maximum absolute atomic E-state index is 11.4. The summed E-state index contributed by atoms with van der Waals surface area (Å²) in [5, 5.41) is 13.4. The van der Waals surface area contributed by atoms with E-state index >= 15 is 0 Å². The Morgan fingerprint density at radius 3 is 2.38 bits per heavy atom. The van der Waals surface area contributed by atoms with Crippen molar-refractivity contribution in [1.82, 2.24) is 0 Å². The first-order valence-electron chi connectivity index (χ1n) is 4.50. The van der Waals surface area contributed by atoms with Crippen molar-refractivity contribution in [2.75, 3.05) is 0 Å². The largest absolute Gasteiger partial charge is 0.289 e. The lowest BCUT2D eigenvalue weighted by Gasteiger charge is -2.03. The van der Waals surface area contributed by atoms with Gasteiger partial charge < -0.3 is 0 Å². The van der Waals surface area contributed by atoms with Gasteiger partial charge >= 0.3 is 0 Å². The topological polar surface area (TPSA) is 19.9 Å². The molecule has 0 unspecified atom stereocenters. The number of hydrogen-bond donors (Lipinski definition) is 0. The van der Waals surface area contributed by atoms with Crippen molar-refractivity contribution >= 4 is 10.8 Å². The molecule has 1 nitrogen and oxygen atoms in total. The van der Waals surface area contributed by atoms with E-state index < -0.39 is 0 Å². The lowest BCUT2D eigenvalue weighted by atomic mass is 10.0. The van der Waals surface area contributed by atoms with Crippen molar-refractivity contribution in [2.45, 2.75) is 13.3 Å². The predicted molar refractivity (Wildman–Crippen MR) is 53.5 cm³/mol. The normalized spacial score (nSPS) is 10.5. The van der Waals surface area contributed by atoms with Gasteiger partial charge in [-0.3, -0.25) is 5.11 Å². The maximum Gasteiger partial charge on any atom is 0.186 e. The summed E-state index contributed by atoms with van der Waals surface area (Å²) in [4.78, 5) is 0. The summed E-state index contributed by atoms with van der Waals surface area (Å²) in [6.07, 6.45) is 0.973. The number of rotatable bonds is 1. The van der Waals surface area contributed by atoms with Gasteiger partial charge in [-0.1, -0.05) is 37.3 Å². The minimum Gasteiger partial charge on any atom is -0.289 e. The molecule has 2 aromatic carbocycles. The fourth-order valence-electron chi connectivity index (χ4n) is 1.64. The molecule has 65 valence electrons. The van der Waals surface area contributed by atoms with E-state index in [0.29, 0.717) is 0 Å². The Morgan fingerprint density at radius 1 is 1.00 bits per heavy atom. The summed E-state index contributed by atoms with van der Waals surface area (Å²) in [5.74, 6) is 0.118. The monoisotopic (exact) mass is 171 g/mol. The smallest absolute Gasteiger partial charge is 0.186 e. The predicted octanol–water partition coefficient (Wildman–Crippen LogP) is 3.55. The Morgan fingerprint density at radius 2 is 1.69 bits per heavy atom. The van der Waals surface area contributed by atoms with E-state index in [2.05, 4.69) is 6.92 Å². The van der Waals surface area contributed by atoms with Crippen molar-refractivity contribution in [1.29, 1.82) is 0 Å². The van der Waals surface area contributed by atoms with Gasteiger partial charge in [0.2, 0.25) is 0 Å². The van der Waals surface area contributed by atoms with Crippen LogP contribution in [0.5, 0.6) is 5.75 Å². The van der Waals surface area contributed by atoms with Crippen LogP contribution in [-0.2, 0) is 11.5 Å². The van der Waals surface area contributed by atoms with Crippen LogP contribution in [0.2, 0.25) is 0 Å². The number of hydrogen-bond acceptors (Lipinski definition) is 0. The third kappa shape index (κ3) is 1.26. The first kappa shape index (κ1) is 8.11. The standard InChI is InChI=1S/C12H11O/c1-2-9-7-8-12(13)11-6-4-3-5-10(9)11/h3-8H,2H2,1H3. The second kappa shape index (κ2) is 3.09. The minimum atomic E-state index is 0.118. The van der Waals surface area contributed by atoms with Crippen LogP contribution < -0.4 is 0 Å². The fraction of sp³-hybridized carbons (Fsp3) is 0.167. The van der Waals surface area contributed by atoms with E-state index in [1.807, 2.05) is 30.3 Å². The number of aryl methyl sites for hydroxylation is 1. The molecule has 2 aromatic rings. The molecule has 0 aliphatic heterocycles. The van der Waals surface area contributed by atoms with E-state index in [4.69, 9.17) is 0 Å². The summed E-state index contributed by atoms with van der Waals surface area (Å²) in [5.41, 5.74) is 1.25. The highest BCUT2D eigenvalue weighted by molar-refractivity contribution is 5.90. The Bertz CT molecular complexity index is 432. The SMILES string of the molecule is CCc1ccc([O])c2ccccc12. The van der Waals surface area contributed by atoms with Gasteiger partial charge in [0.25, 0.3) is 0 Å². The van der Waals surface area contributed by atoms with Crippen molar-refractivity contribution in [3.05, 3.63) is 42.0 Å². The fourth-order valence-corrected chi connectivity index (χ4v) is 1.64. The number of fused-ring (bicyclic) bond motifs is 1. The van der Waals surface area contributed by atoms with Crippen molar-refractivity contribution in [2.24, 2.45) is 0 Å². The average Bonchev–Trinajstić information content (AvgIpc) is 2.19. The summed E-state index contributed by atoms with van der Waals surface area (Å²) in [6.45, 7) is 2.10. The zero-order valence-electron chi connectivity index (χ0n) is 7.58. The van der Waals surface area contributed by atoms with E-state index in [0.717, 1.165) is 17.2 Å². The van der Waals surface area contributed by atoms with Gasteiger partial charge in [-0.25, -0.2) is 0 Å². The summed E-state index contributed by atoms with van der Waals surface area (Å²) >= 11 is 0. The highest BCUT2D eigenvalue weighted by Gasteiger charge is 2.03. The third-order valence-electron chi connectivity index (χ3n) is 2.36. The lowest BCUT2D eigenvalue weighted by Crippen LogP contribution is -1.82. The van der Waals surface area contributed by atoms with Crippen molar-refractivity contribution in [3.63, 3.8) is 0 Å². The average molecular weight is 171 g/mol. The lowest BCUT2D eigenvalue weighted by molar-refractivity contribution is 0.360. The molecule has 1 heteroatoms. The van der Waals surface area contributed by atoms with Gasteiger partial charge in [0, 0.05) is 5.39 Å². The molecule has 0 spiro atoms. The highest BCUT2D eigenvalue weighted by Crippen LogP contribution is 2.27. The third-order valence-corrected chi connectivity index (χ3v) is 2.36. The van der Waals surface area contributed by atoms with Gasteiger partial charge in [-0.2, -0.15) is 0 Å². The number of benzene rings is 2. The Hall–Kier alpha value is -1.50. The second-order valence-corrected chi connectivity index (χ2v) is 3.12. The van der Waals surface area contributed by atoms with Crippen molar-refractivity contribution < 1.29 is 5.11 Å². The molecule has 0 aliphatic carbocycles. The van der Waals surface area contributed by atoms with Crippen molar-refractivity contribution in [3.8, 4) is 5.75 Å². The Labute approximate surface area is 77.6 Å².